The zero-order valence-corrected chi connectivity index (χ0v) is 23.5. The number of benzene rings is 3. The van der Waals surface area contributed by atoms with Crippen molar-refractivity contribution in [3.8, 4) is 5.75 Å². The van der Waals surface area contributed by atoms with E-state index in [0.717, 1.165) is 11.1 Å². The van der Waals surface area contributed by atoms with Crippen molar-refractivity contribution in [2.24, 2.45) is 5.73 Å². The van der Waals surface area contributed by atoms with Crippen LogP contribution >= 0.6 is 0 Å². The topological polar surface area (TPSA) is 125 Å². The van der Waals surface area contributed by atoms with Crippen LogP contribution in [0.25, 0.3) is 11.0 Å². The summed E-state index contributed by atoms with van der Waals surface area (Å²) >= 11 is 0. The van der Waals surface area contributed by atoms with Crippen LogP contribution in [0.5, 0.6) is 5.75 Å². The molecule has 40 heavy (non-hydrogen) atoms. The average molecular weight is 561 g/mol. The Bertz CT molecular complexity index is 1630. The highest BCUT2D eigenvalue weighted by Crippen LogP contribution is 2.40. The summed E-state index contributed by atoms with van der Waals surface area (Å²) in [5.41, 5.74) is 7.46. The van der Waals surface area contributed by atoms with E-state index >= 15 is 0 Å². The van der Waals surface area contributed by atoms with Gasteiger partial charge in [0.25, 0.3) is 0 Å². The Balaban J connectivity index is 1.36. The minimum Gasteiger partial charge on any atom is -0.480 e. The predicted molar refractivity (Wildman–Crippen MR) is 151 cm³/mol. The maximum atomic E-state index is 13.6. The van der Waals surface area contributed by atoms with Crippen LogP contribution in [0.15, 0.2) is 90.1 Å². The molecule has 1 fully saturated rings. The van der Waals surface area contributed by atoms with Crippen molar-refractivity contribution in [2.75, 3.05) is 13.1 Å². The smallest absolute Gasteiger partial charge is 0.323 e. The highest BCUT2D eigenvalue weighted by atomic mass is 32.2. The van der Waals surface area contributed by atoms with E-state index in [1.165, 1.54) is 4.31 Å². The fourth-order valence-corrected chi connectivity index (χ4v) is 6.28. The monoisotopic (exact) mass is 560 g/mol. The average Bonchev–Trinajstić information content (AvgIpc) is 2.90. The zero-order valence-electron chi connectivity index (χ0n) is 22.7. The van der Waals surface area contributed by atoms with Crippen LogP contribution in [0.4, 0.5) is 0 Å². The van der Waals surface area contributed by atoms with Crippen molar-refractivity contribution in [1.29, 1.82) is 0 Å². The molecule has 10 heteroatoms. The van der Waals surface area contributed by atoms with E-state index in [-0.39, 0.29) is 24.4 Å². The number of hydrogen-bond acceptors (Lipinski definition) is 8. The Labute approximate surface area is 234 Å². The molecule has 0 saturated carbocycles. The molecule has 2 heterocycles. The second-order valence-electron chi connectivity index (χ2n) is 10.9. The van der Waals surface area contributed by atoms with Gasteiger partial charge in [-0.3, -0.25) is 14.8 Å². The van der Waals surface area contributed by atoms with Crippen LogP contribution in [0, 0.1) is 0 Å². The number of sulfonamides is 1. The van der Waals surface area contributed by atoms with E-state index in [2.05, 4.69) is 9.97 Å². The summed E-state index contributed by atoms with van der Waals surface area (Å²) in [7, 11) is -3.84. The number of fused-ring (bicyclic) bond motifs is 1. The summed E-state index contributed by atoms with van der Waals surface area (Å²) in [4.78, 5) is 21.1. The number of hydrogen-bond donors (Lipinski definition) is 1. The molecule has 1 aliphatic rings. The van der Waals surface area contributed by atoms with Gasteiger partial charge in [0.1, 0.15) is 17.4 Å². The molecular formula is C30H32N4O5S. The molecule has 0 radical (unpaired) electrons. The van der Waals surface area contributed by atoms with Gasteiger partial charge in [-0.15, -0.1) is 0 Å². The number of nitrogens with zero attached hydrogens (tertiary/aromatic N) is 3. The third-order valence-corrected chi connectivity index (χ3v) is 8.41. The normalized spacial score (nSPS) is 16.2. The molecule has 3 aromatic carbocycles. The van der Waals surface area contributed by atoms with Crippen molar-refractivity contribution >= 4 is 27.0 Å². The van der Waals surface area contributed by atoms with Crippen molar-refractivity contribution in [3.05, 3.63) is 96.3 Å². The molecule has 1 atom stereocenters. The first-order valence-corrected chi connectivity index (χ1v) is 14.4. The fourth-order valence-electron chi connectivity index (χ4n) is 4.67. The van der Waals surface area contributed by atoms with Gasteiger partial charge in [-0.2, -0.15) is 4.31 Å². The number of rotatable bonds is 8. The minimum absolute atomic E-state index is 0.125. The number of nitrogens with two attached hydrogens (primary N) is 1. The maximum Gasteiger partial charge on any atom is 0.323 e. The molecule has 0 bridgehead atoms. The Hall–Kier alpha value is -3.86. The van der Waals surface area contributed by atoms with Crippen LogP contribution in [0.3, 0.4) is 0 Å². The van der Waals surface area contributed by atoms with Crippen LogP contribution in [-0.2, 0) is 31.6 Å². The summed E-state index contributed by atoms with van der Waals surface area (Å²) in [6, 6.07) is 20.6. The third kappa shape index (κ3) is 5.84. The Kier molecular flexibility index (Phi) is 7.34. The highest BCUT2D eigenvalue weighted by Gasteiger charge is 2.52. The van der Waals surface area contributed by atoms with Gasteiger partial charge in [0.05, 0.1) is 29.0 Å². The quantitative estimate of drug-likeness (QED) is 0.323. The molecule has 1 aromatic heterocycles. The van der Waals surface area contributed by atoms with Crippen LogP contribution in [0.2, 0.25) is 0 Å². The Morgan fingerprint density at radius 1 is 0.975 bits per heavy atom. The molecule has 0 unspecified atom stereocenters. The second-order valence-corrected chi connectivity index (χ2v) is 12.9. The lowest BCUT2D eigenvalue weighted by Crippen LogP contribution is -2.64. The van der Waals surface area contributed by atoms with Crippen LogP contribution in [0.1, 0.15) is 31.9 Å². The lowest BCUT2D eigenvalue weighted by atomic mass is 9.87. The van der Waals surface area contributed by atoms with Gasteiger partial charge in [-0.1, -0.05) is 42.5 Å². The summed E-state index contributed by atoms with van der Waals surface area (Å²) in [6.45, 7) is 5.56. The van der Waals surface area contributed by atoms with E-state index < -0.39 is 33.2 Å². The predicted octanol–water partition coefficient (Wildman–Crippen LogP) is 3.82. The van der Waals surface area contributed by atoms with Crippen molar-refractivity contribution in [1.82, 2.24) is 14.3 Å². The maximum absolute atomic E-state index is 13.6. The van der Waals surface area contributed by atoms with E-state index in [0.29, 0.717) is 16.8 Å². The van der Waals surface area contributed by atoms with Crippen LogP contribution < -0.4 is 10.5 Å². The van der Waals surface area contributed by atoms with E-state index in [9.17, 15) is 13.2 Å². The van der Waals surface area contributed by atoms with Crippen molar-refractivity contribution < 1.29 is 22.7 Å². The van der Waals surface area contributed by atoms with Gasteiger partial charge in [0, 0.05) is 18.5 Å². The summed E-state index contributed by atoms with van der Waals surface area (Å²) < 4.78 is 40.5. The number of esters is 1. The molecule has 5 rings (SSSR count). The molecule has 4 aromatic rings. The molecule has 0 spiro atoms. The summed E-state index contributed by atoms with van der Waals surface area (Å²) in [6.07, 6.45) is 3.40. The number of carbonyl (C=O) groups is 1. The van der Waals surface area contributed by atoms with Gasteiger partial charge < -0.3 is 15.2 Å². The third-order valence-electron chi connectivity index (χ3n) is 6.62. The molecular weight excluding hydrogens is 528 g/mol. The molecule has 2 N–H and O–H groups in total. The first-order chi connectivity index (χ1) is 19.0. The lowest BCUT2D eigenvalue weighted by Gasteiger charge is -2.48. The largest absolute Gasteiger partial charge is 0.480 e. The second kappa shape index (κ2) is 10.6. The summed E-state index contributed by atoms with van der Waals surface area (Å²) in [5.74, 6) is 0.0417. The van der Waals surface area contributed by atoms with Gasteiger partial charge in [0.2, 0.25) is 10.0 Å². The van der Waals surface area contributed by atoms with Crippen molar-refractivity contribution in [2.45, 2.75) is 49.3 Å². The zero-order chi connectivity index (χ0) is 28.5. The SMILES string of the molecule is CC(C)(C)OC(=O)[C@@H](N)Cc1cccc(S(=O)(=O)N2CC(Oc3ccc4nccnc4c3)(c3ccccc3)C2)c1. The standard InChI is InChI=1S/C30H32N4O5S/c1-29(2,3)39-28(35)25(31)17-21-8-7-11-24(16-21)40(36,37)34-19-30(20-34,22-9-5-4-6-10-22)38-23-12-13-26-27(18-23)33-15-14-32-26/h4-16,18,25H,17,19-20,31H2,1-3H3/t25-/m0/s1. The number of aromatic nitrogens is 2. The Morgan fingerprint density at radius 3 is 2.38 bits per heavy atom. The molecule has 1 aliphatic heterocycles. The number of carbonyl (C=O) groups excluding carboxylic acids is 1. The molecule has 208 valence electrons. The molecule has 1 saturated heterocycles. The van der Waals surface area contributed by atoms with E-state index in [4.69, 9.17) is 15.2 Å². The van der Waals surface area contributed by atoms with Crippen molar-refractivity contribution in [3.63, 3.8) is 0 Å². The lowest BCUT2D eigenvalue weighted by molar-refractivity contribution is -0.156. The van der Waals surface area contributed by atoms with E-state index in [1.807, 2.05) is 48.5 Å². The first-order valence-electron chi connectivity index (χ1n) is 13.0. The highest BCUT2D eigenvalue weighted by molar-refractivity contribution is 7.89. The Morgan fingerprint density at radius 2 is 1.68 bits per heavy atom. The molecule has 9 nitrogen and oxygen atoms in total. The van der Waals surface area contributed by atoms with Gasteiger partial charge >= 0.3 is 5.97 Å². The van der Waals surface area contributed by atoms with Gasteiger partial charge in [0.15, 0.2) is 5.60 Å². The van der Waals surface area contributed by atoms with Gasteiger partial charge in [-0.05, 0) is 62.6 Å². The molecule has 0 amide bonds. The fraction of sp³-hybridized carbons (Fsp3) is 0.300. The van der Waals surface area contributed by atoms with Crippen LogP contribution in [-0.4, -0.2) is 53.4 Å². The minimum atomic E-state index is -3.84. The number of ether oxygens (including phenoxy) is 2. The first kappa shape index (κ1) is 27.7. The van der Waals surface area contributed by atoms with E-state index in [1.54, 1.807) is 57.4 Å². The molecule has 0 aliphatic carbocycles. The van der Waals surface area contributed by atoms with Gasteiger partial charge in [-0.25, -0.2) is 8.42 Å². The summed E-state index contributed by atoms with van der Waals surface area (Å²) in [5, 5.41) is 0.